The fourth-order valence-corrected chi connectivity index (χ4v) is 8.77. The van der Waals surface area contributed by atoms with Crippen LogP contribution in [0.25, 0.3) is 0 Å². The van der Waals surface area contributed by atoms with Crippen LogP contribution in [0.4, 0.5) is 0 Å². The standard InChI is InChI=1S/C30H48O4/c1-17(2)18(3)8-9-19(4)27-26(34-20(5)31)15-24-23-11-10-21-14-22(32)12-13-29(21,6)28(23)25(33)16-30(24,27)7/h8-10,17-19,22-28,32-33H,11-16H2,1-7H3/b9-8+/t18-,19+,22-,23-,24-,25-,26-,27-,28+,29-,30-/m0/s1. The van der Waals surface area contributed by atoms with E-state index < -0.39 is 0 Å². The molecule has 2 N–H and O–H groups in total. The number of carbonyl (C=O) groups is 1. The molecular weight excluding hydrogens is 424 g/mol. The summed E-state index contributed by atoms with van der Waals surface area (Å²) < 4.78 is 6.01. The Bertz CT molecular complexity index is 830. The lowest BCUT2D eigenvalue weighted by molar-refractivity contribution is -0.151. The van der Waals surface area contributed by atoms with E-state index in [0.717, 1.165) is 38.5 Å². The van der Waals surface area contributed by atoms with Gasteiger partial charge in [-0.3, -0.25) is 4.79 Å². The molecule has 4 heteroatoms. The molecule has 0 aromatic carbocycles. The first kappa shape index (κ1) is 25.9. The Morgan fingerprint density at radius 3 is 2.53 bits per heavy atom. The smallest absolute Gasteiger partial charge is 0.302 e. The fourth-order valence-electron chi connectivity index (χ4n) is 8.77. The second-order valence-electron chi connectivity index (χ2n) is 13.1. The molecule has 0 aliphatic heterocycles. The summed E-state index contributed by atoms with van der Waals surface area (Å²) in [7, 11) is 0. The number of aliphatic hydroxyl groups excluding tert-OH is 2. The van der Waals surface area contributed by atoms with Gasteiger partial charge in [0.05, 0.1) is 12.2 Å². The van der Waals surface area contributed by atoms with Crippen LogP contribution < -0.4 is 0 Å². The van der Waals surface area contributed by atoms with Crippen molar-refractivity contribution >= 4 is 5.97 Å². The SMILES string of the molecule is CC(=O)O[C@H]1C[C@H]2[C@@H]3CC=C4C[C@@H](O)CC[C@]4(C)[C@H]3[C@@H](O)C[C@]2(C)[C@H]1[C@H](C)/C=C/[C@H](C)C(C)C. The van der Waals surface area contributed by atoms with Crippen molar-refractivity contribution in [1.82, 2.24) is 0 Å². The molecule has 0 aromatic heterocycles. The molecule has 4 nitrogen and oxygen atoms in total. The predicted octanol–water partition coefficient (Wildman–Crippen LogP) is 5.92. The Balaban J connectivity index is 1.68. The van der Waals surface area contributed by atoms with Gasteiger partial charge in [-0.2, -0.15) is 0 Å². The number of fused-ring (bicyclic) bond motifs is 5. The van der Waals surface area contributed by atoms with Crippen LogP contribution in [0.2, 0.25) is 0 Å². The van der Waals surface area contributed by atoms with Crippen molar-refractivity contribution in [3.05, 3.63) is 23.8 Å². The summed E-state index contributed by atoms with van der Waals surface area (Å²) in [5.41, 5.74) is 1.26. The van der Waals surface area contributed by atoms with Crippen LogP contribution in [0, 0.1) is 52.3 Å². The third kappa shape index (κ3) is 4.32. The zero-order valence-corrected chi connectivity index (χ0v) is 22.5. The van der Waals surface area contributed by atoms with Crippen molar-refractivity contribution in [3.63, 3.8) is 0 Å². The summed E-state index contributed by atoms with van der Waals surface area (Å²) in [6.07, 6.45) is 11.5. The molecule has 0 aromatic rings. The Morgan fingerprint density at radius 2 is 1.88 bits per heavy atom. The summed E-state index contributed by atoms with van der Waals surface area (Å²) in [6, 6.07) is 0. The van der Waals surface area contributed by atoms with Gasteiger partial charge in [0.15, 0.2) is 0 Å². The maximum absolute atomic E-state index is 12.1. The van der Waals surface area contributed by atoms with Gasteiger partial charge in [0.1, 0.15) is 6.10 Å². The molecule has 192 valence electrons. The maximum Gasteiger partial charge on any atom is 0.302 e. The lowest BCUT2D eigenvalue weighted by atomic mass is 9.46. The molecule has 0 spiro atoms. The number of rotatable bonds is 5. The first-order valence-electron chi connectivity index (χ1n) is 13.8. The first-order chi connectivity index (χ1) is 15.9. The van der Waals surface area contributed by atoms with Crippen LogP contribution in [0.15, 0.2) is 23.8 Å². The van der Waals surface area contributed by atoms with Gasteiger partial charge in [0, 0.05) is 12.8 Å². The van der Waals surface area contributed by atoms with Crippen molar-refractivity contribution < 1.29 is 19.7 Å². The summed E-state index contributed by atoms with van der Waals surface area (Å²) >= 11 is 0. The highest BCUT2D eigenvalue weighted by atomic mass is 16.5. The number of ether oxygens (including phenoxy) is 1. The predicted molar refractivity (Wildman–Crippen MR) is 136 cm³/mol. The molecule has 34 heavy (non-hydrogen) atoms. The van der Waals surface area contributed by atoms with Gasteiger partial charge in [-0.1, -0.05) is 65.3 Å². The van der Waals surface area contributed by atoms with Gasteiger partial charge in [0.25, 0.3) is 0 Å². The van der Waals surface area contributed by atoms with E-state index in [1.54, 1.807) is 0 Å². The Labute approximate surface area is 207 Å². The molecule has 11 atom stereocenters. The molecule has 0 amide bonds. The molecule has 0 saturated heterocycles. The van der Waals surface area contributed by atoms with Crippen molar-refractivity contribution in [1.29, 1.82) is 0 Å². The minimum absolute atomic E-state index is 0.0316. The number of allylic oxidation sites excluding steroid dienone is 3. The number of hydrogen-bond acceptors (Lipinski definition) is 4. The van der Waals surface area contributed by atoms with Crippen molar-refractivity contribution in [3.8, 4) is 0 Å². The second kappa shape index (κ2) is 9.39. The zero-order valence-electron chi connectivity index (χ0n) is 22.5. The van der Waals surface area contributed by atoms with Gasteiger partial charge in [-0.15, -0.1) is 0 Å². The summed E-state index contributed by atoms with van der Waals surface area (Å²) in [5, 5.41) is 22.0. The monoisotopic (exact) mass is 472 g/mol. The van der Waals surface area contributed by atoms with Gasteiger partial charge in [-0.25, -0.2) is 0 Å². The average molecular weight is 473 g/mol. The van der Waals surface area contributed by atoms with E-state index >= 15 is 0 Å². The Kier molecular flexibility index (Phi) is 7.17. The highest BCUT2D eigenvalue weighted by Crippen LogP contribution is 2.67. The van der Waals surface area contributed by atoms with E-state index in [1.807, 2.05) is 0 Å². The van der Waals surface area contributed by atoms with Crippen molar-refractivity contribution in [2.75, 3.05) is 0 Å². The minimum Gasteiger partial charge on any atom is -0.462 e. The molecule has 0 unspecified atom stereocenters. The van der Waals surface area contributed by atoms with Crippen LogP contribution in [0.1, 0.15) is 87.0 Å². The van der Waals surface area contributed by atoms with Crippen molar-refractivity contribution in [2.45, 2.75) is 105 Å². The molecule has 4 rings (SSSR count). The topological polar surface area (TPSA) is 66.8 Å². The largest absolute Gasteiger partial charge is 0.462 e. The Morgan fingerprint density at radius 1 is 1.18 bits per heavy atom. The van der Waals surface area contributed by atoms with Crippen molar-refractivity contribution in [2.24, 2.45) is 52.3 Å². The van der Waals surface area contributed by atoms with Crippen LogP contribution in [0.3, 0.4) is 0 Å². The highest BCUT2D eigenvalue weighted by Gasteiger charge is 2.64. The Hall–Kier alpha value is -1.13. The van der Waals surface area contributed by atoms with E-state index in [-0.39, 0.29) is 52.9 Å². The molecule has 0 radical (unpaired) electrons. The molecule has 3 saturated carbocycles. The molecular formula is C30H48O4. The third-order valence-corrected chi connectivity index (χ3v) is 10.7. The highest BCUT2D eigenvalue weighted by molar-refractivity contribution is 5.66. The molecule has 4 aliphatic carbocycles. The molecule has 0 bridgehead atoms. The number of aliphatic hydroxyl groups is 2. The van der Waals surface area contributed by atoms with Crippen LogP contribution in [-0.2, 0) is 9.53 Å². The van der Waals surface area contributed by atoms with E-state index in [0.29, 0.717) is 23.7 Å². The van der Waals surface area contributed by atoms with E-state index in [1.165, 1.54) is 12.5 Å². The number of esters is 1. The van der Waals surface area contributed by atoms with Gasteiger partial charge in [0.2, 0.25) is 0 Å². The molecule has 0 heterocycles. The minimum atomic E-state index is -0.362. The van der Waals surface area contributed by atoms with E-state index in [9.17, 15) is 15.0 Å². The fraction of sp³-hybridized carbons (Fsp3) is 0.833. The van der Waals surface area contributed by atoms with E-state index in [2.05, 4.69) is 59.8 Å². The number of carbonyl (C=O) groups excluding carboxylic acids is 1. The van der Waals surface area contributed by atoms with Crippen LogP contribution >= 0.6 is 0 Å². The lowest BCUT2D eigenvalue weighted by Crippen LogP contribution is -2.56. The van der Waals surface area contributed by atoms with Crippen LogP contribution in [-0.4, -0.2) is 34.5 Å². The summed E-state index contributed by atoms with van der Waals surface area (Å²) in [4.78, 5) is 12.1. The average Bonchev–Trinajstić information content (AvgIpc) is 3.02. The normalized spacial score (nSPS) is 45.8. The van der Waals surface area contributed by atoms with E-state index in [4.69, 9.17) is 4.74 Å². The molecule has 3 fully saturated rings. The van der Waals surface area contributed by atoms with Gasteiger partial charge >= 0.3 is 5.97 Å². The maximum atomic E-state index is 12.1. The third-order valence-electron chi connectivity index (χ3n) is 10.7. The quantitative estimate of drug-likeness (QED) is 0.385. The first-order valence-corrected chi connectivity index (χ1v) is 13.8. The summed E-state index contributed by atoms with van der Waals surface area (Å²) in [6.45, 7) is 15.3. The summed E-state index contributed by atoms with van der Waals surface area (Å²) in [5.74, 6) is 2.43. The second-order valence-corrected chi connectivity index (χ2v) is 13.1. The molecule has 4 aliphatic rings. The lowest BCUT2D eigenvalue weighted by Gasteiger charge is -2.59. The van der Waals surface area contributed by atoms with Gasteiger partial charge < -0.3 is 14.9 Å². The zero-order chi connectivity index (χ0) is 25.0. The van der Waals surface area contributed by atoms with Crippen LogP contribution in [0.5, 0.6) is 0 Å². The number of hydrogen-bond donors (Lipinski definition) is 2. The van der Waals surface area contributed by atoms with Gasteiger partial charge in [-0.05, 0) is 84.9 Å².